The van der Waals surface area contributed by atoms with E-state index >= 15 is 0 Å². The molecule has 3 rings (SSSR count). The third-order valence-electron chi connectivity index (χ3n) is 4.00. The minimum Gasteiger partial charge on any atom is -0.365 e. The number of hydrogen-bond acceptors (Lipinski definition) is 3. The zero-order valence-corrected chi connectivity index (χ0v) is 10.7. The van der Waals surface area contributed by atoms with Gasteiger partial charge in [-0.2, -0.15) is 5.26 Å². The average molecular weight is 256 g/mol. The minimum absolute atomic E-state index is 0.0135. The normalized spacial score (nSPS) is 29.9. The van der Waals surface area contributed by atoms with E-state index in [0.717, 1.165) is 18.4 Å². The van der Waals surface area contributed by atoms with Gasteiger partial charge in [0.05, 0.1) is 6.07 Å². The van der Waals surface area contributed by atoms with Crippen LogP contribution in [0.4, 0.5) is 0 Å². The predicted molar refractivity (Wildman–Crippen MR) is 68.9 cm³/mol. The molecule has 4 heteroatoms. The number of hydrogen-bond donors (Lipinski definition) is 0. The van der Waals surface area contributed by atoms with Gasteiger partial charge < -0.3 is 9.64 Å². The number of carbonyl (C=O) groups excluding carboxylic acids is 1. The van der Waals surface area contributed by atoms with Crippen LogP contribution in [0.2, 0.25) is 0 Å². The van der Waals surface area contributed by atoms with Crippen molar-refractivity contribution in [1.29, 1.82) is 5.26 Å². The predicted octanol–water partition coefficient (Wildman–Crippen LogP) is 1.86. The molecule has 1 spiro atoms. The van der Waals surface area contributed by atoms with Crippen molar-refractivity contribution < 1.29 is 9.53 Å². The van der Waals surface area contributed by atoms with Crippen molar-refractivity contribution in [3.63, 3.8) is 0 Å². The van der Waals surface area contributed by atoms with Crippen LogP contribution in [0, 0.1) is 11.3 Å². The first-order chi connectivity index (χ1) is 9.25. The molecular formula is C15H16N2O2. The van der Waals surface area contributed by atoms with Crippen LogP contribution >= 0.6 is 0 Å². The van der Waals surface area contributed by atoms with E-state index in [1.807, 2.05) is 30.3 Å². The van der Waals surface area contributed by atoms with Crippen molar-refractivity contribution >= 4 is 5.91 Å². The molecule has 0 radical (unpaired) electrons. The Balaban J connectivity index is 1.84. The third-order valence-corrected chi connectivity index (χ3v) is 4.00. The molecule has 0 N–H and O–H groups in total. The van der Waals surface area contributed by atoms with Gasteiger partial charge in [-0.05, 0) is 18.4 Å². The summed E-state index contributed by atoms with van der Waals surface area (Å²) in [5, 5.41) is 9.28. The summed E-state index contributed by atoms with van der Waals surface area (Å²) in [5.41, 5.74) is 0.334. The Hall–Kier alpha value is -1.86. The Morgan fingerprint density at radius 2 is 2.21 bits per heavy atom. The van der Waals surface area contributed by atoms with Gasteiger partial charge in [0.15, 0.2) is 0 Å². The molecule has 2 saturated heterocycles. The topological polar surface area (TPSA) is 53.3 Å². The fourth-order valence-corrected chi connectivity index (χ4v) is 3.02. The van der Waals surface area contributed by atoms with Crippen molar-refractivity contribution in [2.24, 2.45) is 0 Å². The molecule has 0 unspecified atom stereocenters. The number of likely N-dealkylation sites (tertiary alicyclic amines) is 1. The lowest BCUT2D eigenvalue weighted by molar-refractivity contribution is -0.145. The van der Waals surface area contributed by atoms with E-state index in [1.54, 1.807) is 4.90 Å². The minimum atomic E-state index is -0.713. The van der Waals surface area contributed by atoms with Gasteiger partial charge in [-0.15, -0.1) is 0 Å². The van der Waals surface area contributed by atoms with Crippen LogP contribution in [0.3, 0.4) is 0 Å². The van der Waals surface area contributed by atoms with Crippen LogP contribution in [0.25, 0.3) is 0 Å². The van der Waals surface area contributed by atoms with Crippen LogP contribution in [0.5, 0.6) is 0 Å². The number of ether oxygens (including phenoxy) is 1. The van der Waals surface area contributed by atoms with E-state index in [0.29, 0.717) is 19.6 Å². The largest absolute Gasteiger partial charge is 0.365 e. The van der Waals surface area contributed by atoms with Crippen LogP contribution in [-0.4, -0.2) is 29.1 Å². The highest BCUT2D eigenvalue weighted by molar-refractivity contribution is 5.88. The Labute approximate surface area is 112 Å². The van der Waals surface area contributed by atoms with Crippen LogP contribution in [-0.2, 0) is 16.1 Å². The second-order valence-corrected chi connectivity index (χ2v) is 5.21. The number of carbonyl (C=O) groups is 1. The molecule has 2 aliphatic rings. The summed E-state index contributed by atoms with van der Waals surface area (Å²) in [4.78, 5) is 14.2. The van der Waals surface area contributed by atoms with Gasteiger partial charge in [0.2, 0.25) is 0 Å². The molecule has 1 aromatic rings. The lowest BCUT2D eigenvalue weighted by atomic mass is 9.96. The quantitative estimate of drug-likeness (QED) is 0.811. The van der Waals surface area contributed by atoms with E-state index in [2.05, 4.69) is 6.07 Å². The molecule has 2 aliphatic heterocycles. The molecule has 2 atom stereocenters. The van der Waals surface area contributed by atoms with Gasteiger partial charge in [-0.3, -0.25) is 4.79 Å². The van der Waals surface area contributed by atoms with Crippen LogP contribution in [0.1, 0.15) is 24.8 Å². The second kappa shape index (κ2) is 4.67. The highest BCUT2D eigenvalue weighted by Gasteiger charge is 2.54. The second-order valence-electron chi connectivity index (χ2n) is 5.21. The molecule has 2 fully saturated rings. The summed E-state index contributed by atoms with van der Waals surface area (Å²) in [6, 6.07) is 11.7. The van der Waals surface area contributed by atoms with E-state index in [9.17, 15) is 10.1 Å². The third kappa shape index (κ3) is 2.00. The zero-order valence-electron chi connectivity index (χ0n) is 10.7. The van der Waals surface area contributed by atoms with Gasteiger partial charge in [0.25, 0.3) is 5.91 Å². The number of rotatable bonds is 2. The molecule has 4 nitrogen and oxygen atoms in total. The molecule has 2 heterocycles. The summed E-state index contributed by atoms with van der Waals surface area (Å²) in [5.74, 6) is -0.0135. The Morgan fingerprint density at radius 1 is 1.42 bits per heavy atom. The lowest BCUT2D eigenvalue weighted by Gasteiger charge is -2.22. The van der Waals surface area contributed by atoms with Gasteiger partial charge in [0.1, 0.15) is 11.6 Å². The maximum atomic E-state index is 12.6. The number of amides is 1. The number of benzene rings is 1. The van der Waals surface area contributed by atoms with Crippen LogP contribution < -0.4 is 0 Å². The Bertz CT molecular complexity index is 515. The smallest absolute Gasteiger partial charge is 0.256 e. The highest BCUT2D eigenvalue weighted by Crippen LogP contribution is 2.39. The molecule has 19 heavy (non-hydrogen) atoms. The van der Waals surface area contributed by atoms with Crippen molar-refractivity contribution in [3.8, 4) is 6.07 Å². The molecule has 0 saturated carbocycles. The molecule has 1 amide bonds. The monoisotopic (exact) mass is 256 g/mol. The zero-order chi connectivity index (χ0) is 13.3. The fraction of sp³-hybridized carbons (Fsp3) is 0.467. The van der Waals surface area contributed by atoms with E-state index in [1.165, 1.54) is 0 Å². The molecule has 1 aromatic carbocycles. The SMILES string of the molecule is N#C[C@H]1C[C@@]2(CCCO2)C(=O)N1Cc1ccccc1. The van der Waals surface area contributed by atoms with Crippen molar-refractivity contribution in [3.05, 3.63) is 35.9 Å². The fourth-order valence-electron chi connectivity index (χ4n) is 3.02. The van der Waals surface area contributed by atoms with Crippen molar-refractivity contribution in [2.75, 3.05) is 6.61 Å². The van der Waals surface area contributed by atoms with Crippen molar-refractivity contribution in [2.45, 2.75) is 37.5 Å². The standard InChI is InChI=1S/C15H16N2O2/c16-10-13-9-15(7-4-8-19-15)14(18)17(13)11-12-5-2-1-3-6-12/h1-3,5-6,13H,4,7-9,11H2/t13-,15+/m1/s1. The van der Waals surface area contributed by atoms with Gasteiger partial charge >= 0.3 is 0 Å². The first-order valence-corrected chi connectivity index (χ1v) is 6.64. The summed E-state index contributed by atoms with van der Waals surface area (Å²) in [6.07, 6.45) is 2.16. The Morgan fingerprint density at radius 3 is 2.84 bits per heavy atom. The first-order valence-electron chi connectivity index (χ1n) is 6.64. The first kappa shape index (κ1) is 12.2. The summed E-state index contributed by atoms with van der Waals surface area (Å²) >= 11 is 0. The summed E-state index contributed by atoms with van der Waals surface area (Å²) in [7, 11) is 0. The number of nitriles is 1. The van der Waals surface area contributed by atoms with Gasteiger partial charge in [0, 0.05) is 19.6 Å². The average Bonchev–Trinajstić information content (AvgIpc) is 3.01. The molecule has 0 bridgehead atoms. The maximum Gasteiger partial charge on any atom is 0.256 e. The number of nitrogens with zero attached hydrogens (tertiary/aromatic N) is 2. The molecule has 98 valence electrons. The van der Waals surface area contributed by atoms with E-state index in [-0.39, 0.29) is 11.9 Å². The summed E-state index contributed by atoms with van der Waals surface area (Å²) < 4.78 is 5.67. The van der Waals surface area contributed by atoms with E-state index in [4.69, 9.17) is 4.74 Å². The molecule has 0 aliphatic carbocycles. The Kier molecular flexibility index (Phi) is 3.00. The summed E-state index contributed by atoms with van der Waals surface area (Å²) in [6.45, 7) is 1.12. The maximum absolute atomic E-state index is 12.6. The highest BCUT2D eigenvalue weighted by atomic mass is 16.5. The lowest BCUT2D eigenvalue weighted by Crippen LogP contribution is -2.39. The van der Waals surface area contributed by atoms with Gasteiger partial charge in [-0.25, -0.2) is 0 Å². The van der Waals surface area contributed by atoms with Crippen molar-refractivity contribution in [1.82, 2.24) is 4.90 Å². The molecule has 0 aromatic heterocycles. The van der Waals surface area contributed by atoms with E-state index < -0.39 is 5.60 Å². The van der Waals surface area contributed by atoms with Gasteiger partial charge in [-0.1, -0.05) is 30.3 Å². The molecular weight excluding hydrogens is 240 g/mol. The van der Waals surface area contributed by atoms with Crippen LogP contribution in [0.15, 0.2) is 30.3 Å².